The summed E-state index contributed by atoms with van der Waals surface area (Å²) in [6, 6.07) is -3.18. The monoisotopic (exact) mass is 360 g/mol. The Morgan fingerprint density at radius 1 is 1.00 bits per heavy atom. The number of carbonyl (C=O) groups excluding carboxylic acids is 3. The predicted octanol–water partition coefficient (Wildman–Crippen LogP) is -2.07. The number of nitrogens with one attached hydrogen (secondary N) is 3. The summed E-state index contributed by atoms with van der Waals surface area (Å²) in [5.74, 6) is -3.41. The number of aliphatic hydroxyl groups is 1. The second-order valence-corrected chi connectivity index (χ2v) is 5.98. The van der Waals surface area contributed by atoms with E-state index in [0.29, 0.717) is 6.42 Å². The van der Waals surface area contributed by atoms with E-state index in [0.717, 1.165) is 0 Å². The summed E-state index contributed by atoms with van der Waals surface area (Å²) in [5.41, 5.74) is 5.79. The van der Waals surface area contributed by atoms with Crippen LogP contribution in [0.2, 0.25) is 0 Å². The standard InChI is InChI=1S/C15H28N4O6/c1-5-7(2)11(16)14(24)19-12(9(4)20)15(25)18-8(3)13(23)17-6-10(21)22/h7-9,11-12,20H,5-6,16H2,1-4H3,(H,17,23)(H,18,25)(H,19,24)(H,21,22). The first kappa shape index (κ1) is 22.8. The summed E-state index contributed by atoms with van der Waals surface area (Å²) < 4.78 is 0. The van der Waals surface area contributed by atoms with Gasteiger partial charge in [0.15, 0.2) is 0 Å². The summed E-state index contributed by atoms with van der Waals surface area (Å²) in [6.07, 6.45) is -0.552. The molecule has 0 aromatic rings. The van der Waals surface area contributed by atoms with Crippen LogP contribution in [0.1, 0.15) is 34.1 Å². The Kier molecular flexibility index (Phi) is 9.69. The zero-order valence-corrected chi connectivity index (χ0v) is 14.9. The minimum atomic E-state index is -1.29. The maximum Gasteiger partial charge on any atom is 0.322 e. The fourth-order valence-corrected chi connectivity index (χ4v) is 1.85. The number of carbonyl (C=O) groups is 4. The van der Waals surface area contributed by atoms with E-state index in [-0.39, 0.29) is 5.92 Å². The quantitative estimate of drug-likeness (QED) is 0.260. The van der Waals surface area contributed by atoms with Gasteiger partial charge >= 0.3 is 5.97 Å². The fourth-order valence-electron chi connectivity index (χ4n) is 1.85. The molecule has 0 saturated carbocycles. The molecule has 0 aliphatic rings. The number of hydrogen-bond donors (Lipinski definition) is 6. The summed E-state index contributed by atoms with van der Waals surface area (Å²) in [4.78, 5) is 46.4. The number of rotatable bonds is 10. The van der Waals surface area contributed by atoms with Crippen LogP contribution in [0.3, 0.4) is 0 Å². The van der Waals surface area contributed by atoms with Crippen molar-refractivity contribution in [3.63, 3.8) is 0 Å². The van der Waals surface area contributed by atoms with Crippen molar-refractivity contribution in [3.8, 4) is 0 Å². The van der Waals surface area contributed by atoms with Gasteiger partial charge in [-0.05, 0) is 19.8 Å². The molecule has 0 heterocycles. The van der Waals surface area contributed by atoms with Crippen molar-refractivity contribution >= 4 is 23.7 Å². The molecule has 0 bridgehead atoms. The highest BCUT2D eigenvalue weighted by molar-refractivity contribution is 5.93. The molecule has 5 unspecified atom stereocenters. The van der Waals surface area contributed by atoms with Gasteiger partial charge in [-0.25, -0.2) is 0 Å². The maximum atomic E-state index is 12.2. The van der Waals surface area contributed by atoms with E-state index in [1.807, 2.05) is 6.92 Å². The summed E-state index contributed by atoms with van der Waals surface area (Å²) in [6.45, 7) is 5.74. The lowest BCUT2D eigenvalue weighted by Gasteiger charge is -2.25. The minimum absolute atomic E-state index is 0.113. The third-order valence-corrected chi connectivity index (χ3v) is 3.79. The predicted molar refractivity (Wildman–Crippen MR) is 89.3 cm³/mol. The third-order valence-electron chi connectivity index (χ3n) is 3.79. The van der Waals surface area contributed by atoms with Crippen LogP contribution in [-0.4, -0.2) is 64.7 Å². The number of hydrogen-bond acceptors (Lipinski definition) is 6. The highest BCUT2D eigenvalue weighted by Crippen LogP contribution is 2.06. The molecule has 0 aromatic heterocycles. The third kappa shape index (κ3) is 7.94. The molecule has 144 valence electrons. The largest absolute Gasteiger partial charge is 0.480 e. The smallest absolute Gasteiger partial charge is 0.322 e. The van der Waals surface area contributed by atoms with E-state index >= 15 is 0 Å². The van der Waals surface area contributed by atoms with Crippen LogP contribution in [-0.2, 0) is 19.2 Å². The number of nitrogens with two attached hydrogens (primary N) is 1. The van der Waals surface area contributed by atoms with Gasteiger partial charge in [-0.1, -0.05) is 20.3 Å². The molecule has 5 atom stereocenters. The Labute approximate surface area is 146 Å². The molecule has 25 heavy (non-hydrogen) atoms. The minimum Gasteiger partial charge on any atom is -0.480 e. The molecule has 0 rings (SSSR count). The molecule has 0 saturated heterocycles. The van der Waals surface area contributed by atoms with E-state index in [9.17, 15) is 24.3 Å². The molecule has 0 spiro atoms. The molecule has 10 heteroatoms. The Hall–Kier alpha value is -2.20. The average Bonchev–Trinajstić information content (AvgIpc) is 2.54. The highest BCUT2D eigenvalue weighted by atomic mass is 16.4. The van der Waals surface area contributed by atoms with E-state index in [1.165, 1.54) is 13.8 Å². The number of carboxylic acid groups (broad SMARTS) is 1. The molecule has 0 aromatic carbocycles. The second kappa shape index (κ2) is 10.6. The number of amides is 3. The van der Waals surface area contributed by atoms with Crippen LogP contribution in [0.25, 0.3) is 0 Å². The van der Waals surface area contributed by atoms with Gasteiger partial charge in [0.25, 0.3) is 0 Å². The molecule has 0 radical (unpaired) electrons. The van der Waals surface area contributed by atoms with Gasteiger partial charge in [0.1, 0.15) is 18.6 Å². The summed E-state index contributed by atoms with van der Waals surface area (Å²) in [7, 11) is 0. The van der Waals surface area contributed by atoms with Gasteiger partial charge in [0, 0.05) is 0 Å². The zero-order valence-electron chi connectivity index (χ0n) is 14.9. The van der Waals surface area contributed by atoms with Crippen molar-refractivity contribution in [2.45, 2.75) is 58.3 Å². The van der Waals surface area contributed by atoms with Gasteiger partial charge in [0.05, 0.1) is 12.1 Å². The molecule has 0 aliphatic carbocycles. The van der Waals surface area contributed by atoms with Crippen molar-refractivity contribution in [2.24, 2.45) is 11.7 Å². The molecular weight excluding hydrogens is 332 g/mol. The van der Waals surface area contributed by atoms with Crippen LogP contribution in [0.5, 0.6) is 0 Å². The van der Waals surface area contributed by atoms with Crippen LogP contribution in [0.4, 0.5) is 0 Å². The van der Waals surface area contributed by atoms with Crippen LogP contribution >= 0.6 is 0 Å². The Morgan fingerprint density at radius 2 is 1.56 bits per heavy atom. The van der Waals surface area contributed by atoms with Crippen molar-refractivity contribution < 1.29 is 29.4 Å². The maximum absolute atomic E-state index is 12.2. The Morgan fingerprint density at radius 3 is 2.00 bits per heavy atom. The summed E-state index contributed by atoms with van der Waals surface area (Å²) in [5, 5.41) is 25.1. The molecular formula is C15H28N4O6. The fraction of sp³-hybridized carbons (Fsp3) is 0.733. The second-order valence-electron chi connectivity index (χ2n) is 5.98. The first-order valence-corrected chi connectivity index (χ1v) is 8.05. The number of carboxylic acids is 1. The topological polar surface area (TPSA) is 171 Å². The lowest BCUT2D eigenvalue weighted by atomic mass is 9.98. The molecule has 0 fully saturated rings. The van der Waals surface area contributed by atoms with Crippen LogP contribution < -0.4 is 21.7 Å². The van der Waals surface area contributed by atoms with Gasteiger partial charge < -0.3 is 31.9 Å². The highest BCUT2D eigenvalue weighted by Gasteiger charge is 2.30. The molecule has 7 N–H and O–H groups in total. The van der Waals surface area contributed by atoms with Gasteiger partial charge in [-0.3, -0.25) is 19.2 Å². The average molecular weight is 360 g/mol. The normalized spacial score (nSPS) is 16.7. The van der Waals surface area contributed by atoms with E-state index in [1.54, 1.807) is 6.92 Å². The molecule has 0 aliphatic heterocycles. The van der Waals surface area contributed by atoms with Crippen molar-refractivity contribution in [1.82, 2.24) is 16.0 Å². The first-order valence-electron chi connectivity index (χ1n) is 8.05. The van der Waals surface area contributed by atoms with Crippen LogP contribution in [0, 0.1) is 5.92 Å². The van der Waals surface area contributed by atoms with Gasteiger partial charge in [-0.15, -0.1) is 0 Å². The van der Waals surface area contributed by atoms with E-state index in [2.05, 4.69) is 16.0 Å². The SMILES string of the molecule is CCC(C)C(N)C(=O)NC(C(=O)NC(C)C(=O)NCC(=O)O)C(C)O. The summed E-state index contributed by atoms with van der Waals surface area (Å²) >= 11 is 0. The molecule has 10 nitrogen and oxygen atoms in total. The Balaban J connectivity index is 4.82. The van der Waals surface area contributed by atoms with E-state index < -0.39 is 54.5 Å². The lowest BCUT2D eigenvalue weighted by molar-refractivity contribution is -0.138. The Bertz CT molecular complexity index is 496. The number of aliphatic carboxylic acids is 1. The lowest BCUT2D eigenvalue weighted by Crippen LogP contribution is -2.59. The van der Waals surface area contributed by atoms with Crippen molar-refractivity contribution in [1.29, 1.82) is 0 Å². The van der Waals surface area contributed by atoms with Crippen molar-refractivity contribution in [2.75, 3.05) is 6.54 Å². The van der Waals surface area contributed by atoms with Crippen molar-refractivity contribution in [3.05, 3.63) is 0 Å². The zero-order chi connectivity index (χ0) is 19.7. The van der Waals surface area contributed by atoms with Gasteiger partial charge in [0.2, 0.25) is 17.7 Å². The molecule has 3 amide bonds. The van der Waals surface area contributed by atoms with Gasteiger partial charge in [-0.2, -0.15) is 0 Å². The van der Waals surface area contributed by atoms with Crippen LogP contribution in [0.15, 0.2) is 0 Å². The van der Waals surface area contributed by atoms with E-state index in [4.69, 9.17) is 10.8 Å². The number of aliphatic hydroxyl groups excluding tert-OH is 1. The first-order chi connectivity index (χ1) is 11.5.